The van der Waals surface area contributed by atoms with Crippen molar-refractivity contribution in [1.82, 2.24) is 5.32 Å². The molecule has 0 aromatic heterocycles. The summed E-state index contributed by atoms with van der Waals surface area (Å²) in [7, 11) is 0. The number of anilines is 1. The lowest BCUT2D eigenvalue weighted by Gasteiger charge is -2.32. The molecule has 2 rings (SSSR count). The van der Waals surface area contributed by atoms with Gasteiger partial charge in [-0.25, -0.2) is 4.39 Å². The zero-order chi connectivity index (χ0) is 14.0. The fraction of sp³-hybridized carbons (Fsp3) is 0.533. The Morgan fingerprint density at radius 3 is 2.47 bits per heavy atom. The molecule has 0 aliphatic heterocycles. The lowest BCUT2D eigenvalue weighted by molar-refractivity contribution is 0.0911. The normalized spacial score (nSPS) is 27.0. The van der Waals surface area contributed by atoms with Crippen molar-refractivity contribution in [3.63, 3.8) is 0 Å². The number of amides is 1. The van der Waals surface area contributed by atoms with Gasteiger partial charge in [0.2, 0.25) is 0 Å². The van der Waals surface area contributed by atoms with E-state index in [0.717, 1.165) is 12.8 Å². The average Bonchev–Trinajstić information content (AvgIpc) is 2.31. The van der Waals surface area contributed by atoms with Crippen molar-refractivity contribution in [3.05, 3.63) is 29.6 Å². The maximum Gasteiger partial charge on any atom is 0.251 e. The number of nitrogens with two attached hydrogens (primary N) is 1. The van der Waals surface area contributed by atoms with E-state index in [1.54, 1.807) is 6.07 Å². The Labute approximate surface area is 113 Å². The predicted molar refractivity (Wildman–Crippen MR) is 74.2 cm³/mol. The van der Waals surface area contributed by atoms with E-state index in [1.165, 1.54) is 18.6 Å². The Morgan fingerprint density at radius 2 is 1.89 bits per heavy atom. The second kappa shape index (κ2) is 5.59. The van der Waals surface area contributed by atoms with E-state index in [4.69, 9.17) is 5.73 Å². The molecule has 104 valence electrons. The van der Waals surface area contributed by atoms with Gasteiger partial charge in [0.25, 0.3) is 5.91 Å². The highest BCUT2D eigenvalue weighted by Gasteiger charge is 2.25. The molecule has 1 aliphatic rings. The van der Waals surface area contributed by atoms with Crippen molar-refractivity contribution in [3.8, 4) is 0 Å². The number of benzene rings is 1. The van der Waals surface area contributed by atoms with Crippen LogP contribution >= 0.6 is 0 Å². The van der Waals surface area contributed by atoms with Crippen LogP contribution in [0.2, 0.25) is 0 Å². The van der Waals surface area contributed by atoms with Crippen molar-refractivity contribution >= 4 is 11.6 Å². The molecular weight excluding hydrogens is 243 g/mol. The van der Waals surface area contributed by atoms with Crippen LogP contribution in [0.4, 0.5) is 10.1 Å². The number of nitrogen functional groups attached to an aromatic ring is 1. The summed E-state index contributed by atoms with van der Waals surface area (Å²) in [5.41, 5.74) is 5.80. The minimum absolute atomic E-state index is 0.0662. The fourth-order valence-electron chi connectivity index (χ4n) is 3.00. The highest BCUT2D eigenvalue weighted by Crippen LogP contribution is 2.28. The third kappa shape index (κ3) is 3.46. The van der Waals surface area contributed by atoms with E-state index < -0.39 is 5.82 Å². The summed E-state index contributed by atoms with van der Waals surface area (Å²) >= 11 is 0. The monoisotopic (exact) mass is 264 g/mol. The second-order valence-electron chi connectivity index (χ2n) is 5.82. The first kappa shape index (κ1) is 13.8. The number of rotatable bonds is 2. The molecule has 0 spiro atoms. The van der Waals surface area contributed by atoms with E-state index in [0.29, 0.717) is 17.4 Å². The van der Waals surface area contributed by atoms with E-state index >= 15 is 0 Å². The molecule has 2 unspecified atom stereocenters. The number of hydrogen-bond donors (Lipinski definition) is 2. The third-order valence-electron chi connectivity index (χ3n) is 3.78. The summed E-state index contributed by atoms with van der Waals surface area (Å²) < 4.78 is 13.3. The minimum atomic E-state index is -0.543. The van der Waals surface area contributed by atoms with Crippen molar-refractivity contribution in [2.75, 3.05) is 5.73 Å². The molecule has 0 bridgehead atoms. The Hall–Kier alpha value is -1.58. The highest BCUT2D eigenvalue weighted by atomic mass is 19.1. The van der Waals surface area contributed by atoms with Crippen LogP contribution in [0.15, 0.2) is 18.2 Å². The summed E-state index contributed by atoms with van der Waals surface area (Å²) in [4.78, 5) is 12.1. The lowest BCUT2D eigenvalue weighted by atomic mass is 9.80. The second-order valence-corrected chi connectivity index (χ2v) is 5.82. The van der Waals surface area contributed by atoms with Gasteiger partial charge in [0, 0.05) is 11.6 Å². The first-order valence-corrected chi connectivity index (χ1v) is 6.81. The van der Waals surface area contributed by atoms with Gasteiger partial charge in [-0.15, -0.1) is 0 Å². The molecular formula is C15H21FN2O. The summed E-state index contributed by atoms with van der Waals surface area (Å²) in [6, 6.07) is 4.37. The Kier molecular flexibility index (Phi) is 4.08. The van der Waals surface area contributed by atoms with Crippen molar-refractivity contribution in [2.45, 2.75) is 39.2 Å². The standard InChI is InChI=1S/C15H21FN2O/c1-9-5-10(2)7-12(6-9)18-15(19)11-3-4-14(17)13(16)8-11/h3-4,8-10,12H,5-7,17H2,1-2H3,(H,18,19). The average molecular weight is 264 g/mol. The number of halogens is 1. The molecule has 1 aromatic rings. The van der Waals surface area contributed by atoms with Gasteiger partial charge in [-0.05, 0) is 49.3 Å². The zero-order valence-electron chi connectivity index (χ0n) is 11.4. The first-order valence-electron chi connectivity index (χ1n) is 6.81. The van der Waals surface area contributed by atoms with Gasteiger partial charge >= 0.3 is 0 Å². The fourth-order valence-corrected chi connectivity index (χ4v) is 3.00. The van der Waals surface area contributed by atoms with Gasteiger partial charge in [-0.1, -0.05) is 13.8 Å². The molecule has 1 aliphatic carbocycles. The quantitative estimate of drug-likeness (QED) is 0.807. The van der Waals surface area contributed by atoms with Crippen LogP contribution in [0.25, 0.3) is 0 Å². The molecule has 0 saturated heterocycles. The van der Waals surface area contributed by atoms with Gasteiger partial charge in [-0.2, -0.15) is 0 Å². The van der Waals surface area contributed by atoms with Crippen LogP contribution in [0.3, 0.4) is 0 Å². The van der Waals surface area contributed by atoms with Gasteiger partial charge < -0.3 is 11.1 Å². The van der Waals surface area contributed by atoms with Crippen LogP contribution in [0, 0.1) is 17.7 Å². The van der Waals surface area contributed by atoms with Gasteiger partial charge in [0.05, 0.1) is 5.69 Å². The first-order chi connectivity index (χ1) is 8.95. The maximum atomic E-state index is 13.3. The van der Waals surface area contributed by atoms with E-state index in [1.807, 2.05) is 0 Å². The topological polar surface area (TPSA) is 55.1 Å². The van der Waals surface area contributed by atoms with Crippen molar-refractivity contribution in [1.29, 1.82) is 0 Å². The SMILES string of the molecule is CC1CC(C)CC(NC(=O)c2ccc(N)c(F)c2)C1. The van der Waals surface area contributed by atoms with Crippen LogP contribution in [0.5, 0.6) is 0 Å². The maximum absolute atomic E-state index is 13.3. The molecule has 4 heteroatoms. The number of nitrogens with one attached hydrogen (secondary N) is 1. The van der Waals surface area contributed by atoms with Crippen LogP contribution in [0.1, 0.15) is 43.5 Å². The molecule has 0 heterocycles. The molecule has 2 atom stereocenters. The number of carbonyl (C=O) groups excluding carboxylic acids is 1. The minimum Gasteiger partial charge on any atom is -0.396 e. The van der Waals surface area contributed by atoms with Crippen LogP contribution < -0.4 is 11.1 Å². The van der Waals surface area contributed by atoms with Crippen molar-refractivity contribution in [2.24, 2.45) is 11.8 Å². The van der Waals surface area contributed by atoms with Crippen LogP contribution in [-0.4, -0.2) is 11.9 Å². The smallest absolute Gasteiger partial charge is 0.251 e. The zero-order valence-corrected chi connectivity index (χ0v) is 11.4. The molecule has 3 N–H and O–H groups in total. The largest absolute Gasteiger partial charge is 0.396 e. The third-order valence-corrected chi connectivity index (χ3v) is 3.78. The van der Waals surface area contributed by atoms with Gasteiger partial charge in [0.1, 0.15) is 5.82 Å². The van der Waals surface area contributed by atoms with Crippen molar-refractivity contribution < 1.29 is 9.18 Å². The molecule has 19 heavy (non-hydrogen) atoms. The molecule has 1 aromatic carbocycles. The summed E-state index contributed by atoms with van der Waals surface area (Å²) in [5, 5.41) is 3.00. The van der Waals surface area contributed by atoms with Crippen LogP contribution in [-0.2, 0) is 0 Å². The molecule has 0 radical (unpaired) electrons. The van der Waals surface area contributed by atoms with E-state index in [2.05, 4.69) is 19.2 Å². The molecule has 1 saturated carbocycles. The predicted octanol–water partition coefficient (Wildman–Crippen LogP) is 2.96. The lowest BCUT2D eigenvalue weighted by Crippen LogP contribution is -2.40. The summed E-state index contributed by atoms with van der Waals surface area (Å²) in [5.74, 6) is 0.484. The van der Waals surface area contributed by atoms with Gasteiger partial charge in [-0.3, -0.25) is 4.79 Å². The molecule has 3 nitrogen and oxygen atoms in total. The Bertz CT molecular complexity index is 465. The highest BCUT2D eigenvalue weighted by molar-refractivity contribution is 5.94. The van der Waals surface area contributed by atoms with E-state index in [9.17, 15) is 9.18 Å². The number of hydrogen-bond acceptors (Lipinski definition) is 2. The Balaban J connectivity index is 2.02. The Morgan fingerprint density at radius 1 is 1.26 bits per heavy atom. The molecule has 1 fully saturated rings. The summed E-state index contributed by atoms with van der Waals surface area (Å²) in [6.07, 6.45) is 3.20. The molecule has 1 amide bonds. The summed E-state index contributed by atoms with van der Waals surface area (Å²) in [6.45, 7) is 4.41. The number of carbonyl (C=O) groups is 1. The van der Waals surface area contributed by atoms with E-state index in [-0.39, 0.29) is 17.6 Å². The van der Waals surface area contributed by atoms with Gasteiger partial charge in [0.15, 0.2) is 0 Å².